The van der Waals surface area contributed by atoms with Crippen LogP contribution in [0.15, 0.2) is 47.5 Å². The van der Waals surface area contributed by atoms with Crippen molar-refractivity contribution in [3.05, 3.63) is 65.0 Å². The number of carbonyl (C=O) groups excluding carboxylic acids is 1. The van der Waals surface area contributed by atoms with Crippen LogP contribution in [0.25, 0.3) is 0 Å². The van der Waals surface area contributed by atoms with Gasteiger partial charge >= 0.3 is 12.3 Å². The smallest absolute Gasteiger partial charge is 0.416 e. The molecule has 10 heteroatoms. The molecule has 0 bridgehead atoms. The summed E-state index contributed by atoms with van der Waals surface area (Å²) in [7, 11) is 2.74. The van der Waals surface area contributed by atoms with Crippen molar-refractivity contribution in [3.8, 4) is 0 Å². The van der Waals surface area contributed by atoms with Gasteiger partial charge in [0.25, 0.3) is 0 Å². The normalized spacial score (nSPS) is 11.7. The van der Waals surface area contributed by atoms with Gasteiger partial charge < -0.3 is 15.4 Å². The molecular formula is C19H20F4N4O2. The zero-order valence-corrected chi connectivity index (χ0v) is 15.7. The zero-order chi connectivity index (χ0) is 21.4. The van der Waals surface area contributed by atoms with E-state index in [1.807, 2.05) is 0 Å². The molecule has 156 valence electrons. The van der Waals surface area contributed by atoms with E-state index in [4.69, 9.17) is 0 Å². The summed E-state index contributed by atoms with van der Waals surface area (Å²) in [4.78, 5) is 15.1. The molecule has 0 spiro atoms. The fourth-order valence-electron chi connectivity index (χ4n) is 2.43. The summed E-state index contributed by atoms with van der Waals surface area (Å²) in [6.45, 7) is 0.157. The van der Waals surface area contributed by atoms with Gasteiger partial charge in [-0.2, -0.15) is 13.2 Å². The highest BCUT2D eigenvalue weighted by molar-refractivity contribution is 5.84. The van der Waals surface area contributed by atoms with Crippen molar-refractivity contribution in [2.24, 2.45) is 4.99 Å². The number of rotatable bonds is 5. The number of hydrogen-bond acceptors (Lipinski definition) is 3. The van der Waals surface area contributed by atoms with Gasteiger partial charge in [0.15, 0.2) is 5.96 Å². The van der Waals surface area contributed by atoms with Gasteiger partial charge in [0.05, 0.1) is 12.7 Å². The zero-order valence-electron chi connectivity index (χ0n) is 15.7. The van der Waals surface area contributed by atoms with Crippen molar-refractivity contribution in [2.45, 2.75) is 19.3 Å². The van der Waals surface area contributed by atoms with E-state index in [1.165, 1.54) is 14.2 Å². The molecule has 0 saturated carbocycles. The van der Waals surface area contributed by atoms with E-state index in [-0.39, 0.29) is 18.1 Å². The molecule has 0 saturated heterocycles. The first kappa shape index (κ1) is 22.0. The summed E-state index contributed by atoms with van der Waals surface area (Å²) in [5.41, 5.74) is 0.273. The van der Waals surface area contributed by atoms with Gasteiger partial charge in [-0.3, -0.25) is 10.3 Å². The Hall–Kier alpha value is -3.30. The van der Waals surface area contributed by atoms with Crippen LogP contribution in [-0.2, 0) is 24.0 Å². The van der Waals surface area contributed by atoms with E-state index in [9.17, 15) is 22.4 Å². The van der Waals surface area contributed by atoms with Gasteiger partial charge in [-0.05, 0) is 35.4 Å². The number of carbonyl (C=O) groups is 1. The van der Waals surface area contributed by atoms with E-state index in [2.05, 4.69) is 25.7 Å². The summed E-state index contributed by atoms with van der Waals surface area (Å²) in [5.74, 6) is -0.673. The lowest BCUT2D eigenvalue weighted by atomic mass is 10.1. The fourth-order valence-corrected chi connectivity index (χ4v) is 2.43. The van der Waals surface area contributed by atoms with Gasteiger partial charge in [-0.15, -0.1) is 0 Å². The van der Waals surface area contributed by atoms with Crippen LogP contribution >= 0.6 is 0 Å². The highest BCUT2D eigenvalue weighted by atomic mass is 19.4. The Labute approximate surface area is 165 Å². The molecule has 3 N–H and O–H groups in total. The Morgan fingerprint density at radius 2 is 1.72 bits per heavy atom. The van der Waals surface area contributed by atoms with Crippen LogP contribution in [0.3, 0.4) is 0 Å². The van der Waals surface area contributed by atoms with E-state index >= 15 is 0 Å². The maximum Gasteiger partial charge on any atom is 0.416 e. The molecule has 0 atom stereocenters. The molecule has 0 fully saturated rings. The van der Waals surface area contributed by atoms with E-state index in [0.717, 1.165) is 17.7 Å². The average molecular weight is 412 g/mol. The van der Waals surface area contributed by atoms with Crippen LogP contribution in [-0.4, -0.2) is 26.2 Å². The first-order valence-electron chi connectivity index (χ1n) is 8.47. The molecule has 2 rings (SSSR count). The molecule has 0 aliphatic carbocycles. The third kappa shape index (κ3) is 6.66. The molecule has 0 aromatic heterocycles. The van der Waals surface area contributed by atoms with Crippen molar-refractivity contribution < 1.29 is 27.1 Å². The molecule has 0 aliphatic rings. The summed E-state index contributed by atoms with van der Waals surface area (Å²) in [6.07, 6.45) is -5.24. The van der Waals surface area contributed by atoms with Crippen LogP contribution in [0, 0.1) is 5.82 Å². The first-order chi connectivity index (χ1) is 13.7. The largest absolute Gasteiger partial charge is 0.453 e. The van der Waals surface area contributed by atoms with Crippen molar-refractivity contribution in [2.75, 3.05) is 19.5 Å². The van der Waals surface area contributed by atoms with Gasteiger partial charge in [0, 0.05) is 25.8 Å². The lowest BCUT2D eigenvalue weighted by Gasteiger charge is -2.16. The summed E-state index contributed by atoms with van der Waals surface area (Å²) < 4.78 is 56.9. The third-order valence-electron chi connectivity index (χ3n) is 3.89. The Balaban J connectivity index is 1.95. The molecule has 0 unspecified atom stereocenters. The number of aliphatic imine (C=N–C) groups is 1. The number of anilines is 1. The van der Waals surface area contributed by atoms with Crippen LogP contribution in [0.5, 0.6) is 0 Å². The second kappa shape index (κ2) is 9.76. The van der Waals surface area contributed by atoms with Gasteiger partial charge in [-0.25, -0.2) is 9.18 Å². The van der Waals surface area contributed by atoms with E-state index < -0.39 is 23.7 Å². The Morgan fingerprint density at radius 3 is 2.31 bits per heavy atom. The SMILES string of the molecule is CN=C(NCc1ccc(NC(=O)OC)cc1)NCc1ccc(F)cc1C(F)(F)F. The van der Waals surface area contributed by atoms with Gasteiger partial charge in [0.2, 0.25) is 0 Å². The number of methoxy groups -OCH3 is 1. The molecule has 0 heterocycles. The van der Waals surface area contributed by atoms with Gasteiger partial charge in [-0.1, -0.05) is 18.2 Å². The number of alkyl halides is 3. The minimum absolute atomic E-state index is 0.0971. The maximum absolute atomic E-state index is 13.2. The third-order valence-corrected chi connectivity index (χ3v) is 3.89. The van der Waals surface area contributed by atoms with Gasteiger partial charge in [0.1, 0.15) is 5.82 Å². The number of hydrogen-bond donors (Lipinski definition) is 3. The number of nitrogens with zero attached hydrogens (tertiary/aromatic N) is 1. The van der Waals surface area contributed by atoms with Crippen molar-refractivity contribution in [3.63, 3.8) is 0 Å². The van der Waals surface area contributed by atoms with Crippen LogP contribution in [0.4, 0.5) is 28.0 Å². The second-order valence-electron chi connectivity index (χ2n) is 5.89. The van der Waals surface area contributed by atoms with Crippen LogP contribution in [0.2, 0.25) is 0 Å². The summed E-state index contributed by atoms with van der Waals surface area (Å²) in [5, 5.41) is 8.26. The standard InChI is InChI=1S/C19H20F4N4O2/c1-24-17(25-10-12-3-7-15(8-4-12)27-18(28)29-2)26-11-13-5-6-14(20)9-16(13)19(21,22)23/h3-9H,10-11H2,1-2H3,(H,27,28)(H2,24,25,26). The molecule has 0 aliphatic heterocycles. The molecule has 29 heavy (non-hydrogen) atoms. The fraction of sp³-hybridized carbons (Fsp3) is 0.263. The predicted octanol–water partition coefficient (Wildman–Crippen LogP) is 3.89. The number of guanidine groups is 1. The van der Waals surface area contributed by atoms with E-state index in [1.54, 1.807) is 24.3 Å². The average Bonchev–Trinajstić information content (AvgIpc) is 2.69. The minimum Gasteiger partial charge on any atom is -0.453 e. The molecule has 0 radical (unpaired) electrons. The molecule has 2 aromatic carbocycles. The van der Waals surface area contributed by atoms with E-state index in [0.29, 0.717) is 18.3 Å². The first-order valence-corrected chi connectivity index (χ1v) is 8.47. The highest BCUT2D eigenvalue weighted by Gasteiger charge is 2.33. The Bertz CT molecular complexity index is 868. The Morgan fingerprint density at radius 1 is 1.07 bits per heavy atom. The molecular weight excluding hydrogens is 392 g/mol. The Kier molecular flexibility index (Phi) is 7.40. The highest BCUT2D eigenvalue weighted by Crippen LogP contribution is 2.32. The molecule has 6 nitrogen and oxygen atoms in total. The maximum atomic E-state index is 13.2. The van der Waals surface area contributed by atoms with Crippen LogP contribution < -0.4 is 16.0 Å². The lowest BCUT2D eigenvalue weighted by molar-refractivity contribution is -0.138. The number of benzene rings is 2. The quantitative estimate of drug-likeness (QED) is 0.396. The number of nitrogens with one attached hydrogen (secondary N) is 3. The summed E-state index contributed by atoms with van der Waals surface area (Å²) >= 11 is 0. The lowest BCUT2D eigenvalue weighted by Crippen LogP contribution is -2.36. The number of halogens is 4. The number of amides is 1. The van der Waals surface area contributed by atoms with Crippen molar-refractivity contribution >= 4 is 17.7 Å². The van der Waals surface area contributed by atoms with Crippen LogP contribution in [0.1, 0.15) is 16.7 Å². The molecule has 1 amide bonds. The predicted molar refractivity (Wildman–Crippen MR) is 101 cm³/mol. The number of ether oxygens (including phenoxy) is 1. The monoisotopic (exact) mass is 412 g/mol. The topological polar surface area (TPSA) is 74.8 Å². The van der Waals surface area contributed by atoms with Crippen molar-refractivity contribution in [1.29, 1.82) is 0 Å². The minimum atomic E-state index is -4.66. The molecule has 2 aromatic rings. The van der Waals surface area contributed by atoms with Crippen molar-refractivity contribution in [1.82, 2.24) is 10.6 Å². The second-order valence-corrected chi connectivity index (χ2v) is 5.89. The summed E-state index contributed by atoms with van der Waals surface area (Å²) in [6, 6.07) is 9.41.